The summed E-state index contributed by atoms with van der Waals surface area (Å²) in [5.41, 5.74) is 10.4. The van der Waals surface area contributed by atoms with E-state index < -0.39 is 0 Å². The average Bonchev–Trinajstić information content (AvgIpc) is 2.34. The largest absolute Gasteiger partial charge is 0.375 e. The summed E-state index contributed by atoms with van der Waals surface area (Å²) in [5.74, 6) is 0.274. The molecule has 1 rings (SSSR count). The second-order valence-electron chi connectivity index (χ2n) is 2.47. The predicted octanol–water partition coefficient (Wildman–Crippen LogP) is -2.48. The molecule has 58 valence electrons. The Hall–Kier alpha value is -0.770. The molecule has 5 N–H and O–H groups in total. The minimum atomic E-state index is 0.274. The fourth-order valence-electron chi connectivity index (χ4n) is 1.04. The number of hydrogen-bond acceptors (Lipinski definition) is 1. The minimum absolute atomic E-state index is 0.274. The van der Waals surface area contributed by atoms with E-state index in [9.17, 15) is 0 Å². The molecule has 1 heterocycles. The Morgan fingerprint density at radius 2 is 2.40 bits per heavy atom. The van der Waals surface area contributed by atoms with Crippen molar-refractivity contribution in [2.75, 3.05) is 13.2 Å². The molecule has 0 bridgehead atoms. The van der Waals surface area contributed by atoms with Crippen molar-refractivity contribution in [2.24, 2.45) is 11.5 Å². The molecule has 0 radical (unpaired) electrons. The van der Waals surface area contributed by atoms with Crippen molar-refractivity contribution in [3.63, 3.8) is 0 Å². The Kier molecular flexibility index (Phi) is 2.50. The third-order valence-electron chi connectivity index (χ3n) is 1.56. The summed E-state index contributed by atoms with van der Waals surface area (Å²) in [7, 11) is 0. The van der Waals surface area contributed by atoms with Crippen LogP contribution in [0.5, 0.6) is 0 Å². The van der Waals surface area contributed by atoms with Crippen molar-refractivity contribution >= 4 is 5.96 Å². The Balaban J connectivity index is 2.18. The van der Waals surface area contributed by atoms with Crippen molar-refractivity contribution in [1.29, 1.82) is 0 Å². The highest BCUT2D eigenvalue weighted by Crippen LogP contribution is 2.08. The van der Waals surface area contributed by atoms with Crippen molar-refractivity contribution in [1.82, 2.24) is 0 Å². The van der Waals surface area contributed by atoms with Gasteiger partial charge in [-0.1, -0.05) is 0 Å². The molecule has 0 unspecified atom stereocenters. The van der Waals surface area contributed by atoms with Crippen LogP contribution in [0, 0.1) is 0 Å². The molecule has 0 aliphatic carbocycles. The molecule has 10 heavy (non-hydrogen) atoms. The fraction of sp³-hybridized carbons (Fsp3) is 0.833. The van der Waals surface area contributed by atoms with Gasteiger partial charge in [0.25, 0.3) is 0 Å². The summed E-state index contributed by atoms with van der Waals surface area (Å²) < 4.78 is 5.32. The van der Waals surface area contributed by atoms with E-state index in [1.54, 1.807) is 0 Å². The molecule has 0 aromatic heterocycles. The van der Waals surface area contributed by atoms with Crippen LogP contribution in [0.25, 0.3) is 0 Å². The molecular formula is C6H14N3O+. The number of nitrogens with one attached hydrogen (secondary N) is 1. The van der Waals surface area contributed by atoms with Crippen LogP contribution in [0.1, 0.15) is 12.8 Å². The maximum atomic E-state index is 5.32. The van der Waals surface area contributed by atoms with E-state index in [1.807, 2.05) is 0 Å². The van der Waals surface area contributed by atoms with Gasteiger partial charge in [-0.25, -0.2) is 0 Å². The van der Waals surface area contributed by atoms with Crippen LogP contribution < -0.4 is 16.5 Å². The van der Waals surface area contributed by atoms with Crippen molar-refractivity contribution in [3.8, 4) is 0 Å². The summed E-state index contributed by atoms with van der Waals surface area (Å²) in [6.07, 6.45) is 2.57. The molecule has 0 saturated carbocycles. The second-order valence-corrected chi connectivity index (χ2v) is 2.47. The van der Waals surface area contributed by atoms with Gasteiger partial charge >= 0.3 is 5.96 Å². The molecule has 0 aromatic rings. The quantitative estimate of drug-likeness (QED) is 0.297. The Morgan fingerprint density at radius 1 is 1.60 bits per heavy atom. The van der Waals surface area contributed by atoms with Crippen LogP contribution in [0.2, 0.25) is 0 Å². The van der Waals surface area contributed by atoms with Crippen LogP contribution in [0.15, 0.2) is 0 Å². The molecule has 1 aliphatic heterocycles. The zero-order valence-corrected chi connectivity index (χ0v) is 5.97. The highest BCUT2D eigenvalue weighted by molar-refractivity contribution is 5.69. The molecule has 1 atom stereocenters. The maximum Gasteiger partial charge on any atom is 0.338 e. The molecule has 0 aromatic carbocycles. The average molecular weight is 144 g/mol. The molecule has 1 saturated heterocycles. The van der Waals surface area contributed by atoms with E-state index >= 15 is 0 Å². The highest BCUT2D eigenvalue weighted by Gasteiger charge is 2.14. The van der Waals surface area contributed by atoms with Crippen LogP contribution in [0.3, 0.4) is 0 Å². The lowest BCUT2D eigenvalue weighted by Crippen LogP contribution is -2.80. The molecular weight excluding hydrogens is 130 g/mol. The molecule has 4 heteroatoms. The van der Waals surface area contributed by atoms with E-state index in [1.165, 1.54) is 0 Å². The number of hydrogen-bond donors (Lipinski definition) is 3. The van der Waals surface area contributed by atoms with E-state index in [0.717, 1.165) is 26.0 Å². The van der Waals surface area contributed by atoms with Gasteiger partial charge in [0.2, 0.25) is 0 Å². The fourth-order valence-corrected chi connectivity index (χ4v) is 1.04. The predicted molar refractivity (Wildman–Crippen MR) is 38.2 cm³/mol. The lowest BCUT2D eigenvalue weighted by molar-refractivity contribution is -0.470. The van der Waals surface area contributed by atoms with Gasteiger partial charge in [0, 0.05) is 6.61 Å². The molecule has 0 spiro atoms. The van der Waals surface area contributed by atoms with E-state index in [0.29, 0.717) is 6.10 Å². The van der Waals surface area contributed by atoms with Gasteiger partial charge in [-0.05, 0) is 12.8 Å². The van der Waals surface area contributed by atoms with Gasteiger partial charge in [-0.15, -0.1) is 0 Å². The van der Waals surface area contributed by atoms with E-state index in [4.69, 9.17) is 16.2 Å². The van der Waals surface area contributed by atoms with Crippen molar-refractivity contribution in [2.45, 2.75) is 18.9 Å². The van der Waals surface area contributed by atoms with Gasteiger partial charge in [-0.2, -0.15) is 0 Å². The Morgan fingerprint density at radius 3 is 2.90 bits per heavy atom. The van der Waals surface area contributed by atoms with Crippen LogP contribution in [-0.2, 0) is 4.74 Å². The maximum absolute atomic E-state index is 5.32. The summed E-state index contributed by atoms with van der Waals surface area (Å²) in [6, 6.07) is 0. The first-order chi connectivity index (χ1) is 4.79. The van der Waals surface area contributed by atoms with E-state index in [-0.39, 0.29) is 5.96 Å². The standard InChI is InChI=1S/C6H13N3O/c7-6(8)9-4-5-2-1-3-10-5/h5H,1-4H2,(H4,7,8,9)/p+1/t5-/m1/s1. The second kappa shape index (κ2) is 3.41. The number of guanidine groups is 1. The first-order valence-electron chi connectivity index (χ1n) is 3.52. The zero-order valence-electron chi connectivity index (χ0n) is 5.97. The molecule has 4 nitrogen and oxygen atoms in total. The SMILES string of the molecule is NC(N)=[NH+]C[C@H]1CCCO1. The minimum Gasteiger partial charge on any atom is -0.375 e. The van der Waals surface area contributed by atoms with Gasteiger partial charge < -0.3 is 4.74 Å². The van der Waals surface area contributed by atoms with Gasteiger partial charge in [0.1, 0.15) is 0 Å². The summed E-state index contributed by atoms with van der Waals surface area (Å²) in [5, 5.41) is 0. The van der Waals surface area contributed by atoms with Crippen LogP contribution >= 0.6 is 0 Å². The molecule has 0 amide bonds. The first kappa shape index (κ1) is 7.34. The normalized spacial score (nSPS) is 24.6. The first-order valence-corrected chi connectivity index (χ1v) is 3.52. The van der Waals surface area contributed by atoms with Crippen LogP contribution in [-0.4, -0.2) is 25.2 Å². The molecule has 1 fully saturated rings. The van der Waals surface area contributed by atoms with Crippen molar-refractivity contribution in [3.05, 3.63) is 0 Å². The Labute approximate surface area is 60.2 Å². The Bertz CT molecular complexity index is 125. The van der Waals surface area contributed by atoms with E-state index in [2.05, 4.69) is 4.99 Å². The number of rotatable bonds is 2. The topological polar surface area (TPSA) is 75.2 Å². The summed E-state index contributed by atoms with van der Waals surface area (Å²) in [6.45, 7) is 1.61. The number of ether oxygens (including phenoxy) is 1. The summed E-state index contributed by atoms with van der Waals surface area (Å²) >= 11 is 0. The zero-order chi connectivity index (χ0) is 7.40. The number of nitrogens with two attached hydrogens (primary N) is 2. The van der Waals surface area contributed by atoms with Crippen molar-refractivity contribution < 1.29 is 9.73 Å². The molecule has 1 aliphatic rings. The van der Waals surface area contributed by atoms with Gasteiger partial charge in [0.15, 0.2) is 0 Å². The van der Waals surface area contributed by atoms with Gasteiger partial charge in [-0.3, -0.25) is 16.5 Å². The van der Waals surface area contributed by atoms with Crippen LogP contribution in [0.4, 0.5) is 0 Å². The highest BCUT2D eigenvalue weighted by atomic mass is 16.5. The smallest absolute Gasteiger partial charge is 0.338 e. The lowest BCUT2D eigenvalue weighted by atomic mass is 10.2. The third-order valence-corrected chi connectivity index (χ3v) is 1.56. The third kappa shape index (κ3) is 2.23. The lowest BCUT2D eigenvalue weighted by Gasteiger charge is -2.02. The van der Waals surface area contributed by atoms with Gasteiger partial charge in [0.05, 0.1) is 12.6 Å². The summed E-state index contributed by atoms with van der Waals surface area (Å²) in [4.78, 5) is 2.83. The monoisotopic (exact) mass is 144 g/mol.